The Labute approximate surface area is 122 Å². The molecule has 20 heavy (non-hydrogen) atoms. The lowest BCUT2D eigenvalue weighted by atomic mass is 9.56. The van der Waals surface area contributed by atoms with Crippen LogP contribution in [0.25, 0.3) is 10.8 Å². The normalized spacial score (nSPS) is 24.6. The topological polar surface area (TPSA) is 12.0 Å². The van der Waals surface area contributed by atoms with Crippen LogP contribution >= 0.6 is 0 Å². The Balaban J connectivity index is 1.90. The second kappa shape index (κ2) is 5.21. The maximum absolute atomic E-state index is 3.71. The van der Waals surface area contributed by atoms with Gasteiger partial charge in [-0.2, -0.15) is 0 Å². The van der Waals surface area contributed by atoms with Crippen LogP contribution in [0.4, 0.5) is 0 Å². The van der Waals surface area contributed by atoms with Crippen molar-refractivity contribution in [1.29, 1.82) is 0 Å². The molecule has 3 rings (SSSR count). The summed E-state index contributed by atoms with van der Waals surface area (Å²) >= 11 is 0. The molecule has 0 heterocycles. The fourth-order valence-corrected chi connectivity index (χ4v) is 3.67. The first-order valence-corrected chi connectivity index (χ1v) is 7.85. The second-order valence-electron chi connectivity index (χ2n) is 6.68. The molecule has 0 amide bonds. The summed E-state index contributed by atoms with van der Waals surface area (Å²) in [7, 11) is 0. The van der Waals surface area contributed by atoms with Gasteiger partial charge in [-0.15, -0.1) is 0 Å². The fourth-order valence-electron chi connectivity index (χ4n) is 3.67. The van der Waals surface area contributed by atoms with Gasteiger partial charge >= 0.3 is 0 Å². The minimum absolute atomic E-state index is 0.347. The molecule has 1 nitrogen and oxygen atoms in total. The van der Waals surface area contributed by atoms with Crippen LogP contribution in [0.15, 0.2) is 42.5 Å². The summed E-state index contributed by atoms with van der Waals surface area (Å²) < 4.78 is 0. The summed E-state index contributed by atoms with van der Waals surface area (Å²) in [6.07, 6.45) is 2.48. The SMILES string of the molecule is CCCNC1CC(c2cccc3ccccc23)C1(C)C. The Kier molecular flexibility index (Phi) is 3.55. The third-order valence-corrected chi connectivity index (χ3v) is 5.11. The van der Waals surface area contributed by atoms with Gasteiger partial charge in [-0.3, -0.25) is 0 Å². The van der Waals surface area contributed by atoms with Crippen LogP contribution in [0.2, 0.25) is 0 Å². The zero-order valence-electron chi connectivity index (χ0n) is 12.8. The van der Waals surface area contributed by atoms with Gasteiger partial charge in [-0.1, -0.05) is 63.2 Å². The van der Waals surface area contributed by atoms with E-state index in [0.717, 1.165) is 6.54 Å². The lowest BCUT2D eigenvalue weighted by Crippen LogP contribution is -2.55. The van der Waals surface area contributed by atoms with Crippen molar-refractivity contribution in [3.05, 3.63) is 48.0 Å². The highest BCUT2D eigenvalue weighted by Crippen LogP contribution is 2.53. The highest BCUT2D eigenvalue weighted by molar-refractivity contribution is 5.86. The summed E-state index contributed by atoms with van der Waals surface area (Å²) in [5.74, 6) is 0.669. The lowest BCUT2D eigenvalue weighted by molar-refractivity contribution is 0.0703. The van der Waals surface area contributed by atoms with Gasteiger partial charge in [0.15, 0.2) is 0 Å². The Morgan fingerprint density at radius 3 is 2.60 bits per heavy atom. The molecule has 2 aromatic carbocycles. The number of nitrogens with one attached hydrogen (secondary N) is 1. The maximum atomic E-state index is 3.71. The summed E-state index contributed by atoms with van der Waals surface area (Å²) in [6.45, 7) is 8.20. The standard InChI is InChI=1S/C19H25N/c1-4-12-20-18-13-17(19(18,2)3)16-11-7-9-14-8-5-6-10-15(14)16/h5-11,17-18,20H,4,12-13H2,1-3H3. The minimum Gasteiger partial charge on any atom is -0.313 e. The van der Waals surface area contributed by atoms with E-state index in [1.807, 2.05) is 0 Å². The first-order valence-electron chi connectivity index (χ1n) is 7.85. The predicted octanol–water partition coefficient (Wildman–Crippen LogP) is 4.72. The lowest BCUT2D eigenvalue weighted by Gasteiger charge is -2.53. The molecule has 1 heteroatoms. The van der Waals surface area contributed by atoms with Crippen molar-refractivity contribution in [3.8, 4) is 0 Å². The van der Waals surface area contributed by atoms with Crippen LogP contribution < -0.4 is 5.32 Å². The molecule has 1 saturated carbocycles. The molecule has 1 fully saturated rings. The average molecular weight is 267 g/mol. The van der Waals surface area contributed by atoms with E-state index in [0.29, 0.717) is 17.4 Å². The number of rotatable bonds is 4. The smallest absolute Gasteiger partial charge is 0.0130 e. The molecule has 0 spiro atoms. The van der Waals surface area contributed by atoms with Crippen LogP contribution in [0.1, 0.15) is 45.1 Å². The second-order valence-corrected chi connectivity index (χ2v) is 6.68. The Bertz CT molecular complexity index is 594. The van der Waals surface area contributed by atoms with E-state index >= 15 is 0 Å². The van der Waals surface area contributed by atoms with Crippen LogP contribution in [0.5, 0.6) is 0 Å². The third-order valence-electron chi connectivity index (χ3n) is 5.11. The summed E-state index contributed by atoms with van der Waals surface area (Å²) in [5.41, 5.74) is 1.88. The van der Waals surface area contributed by atoms with Crippen molar-refractivity contribution >= 4 is 10.8 Å². The fraction of sp³-hybridized carbons (Fsp3) is 0.474. The highest BCUT2D eigenvalue weighted by Gasteiger charge is 2.48. The van der Waals surface area contributed by atoms with Gasteiger partial charge in [0.2, 0.25) is 0 Å². The molecule has 1 aliphatic rings. The first-order chi connectivity index (χ1) is 9.64. The van der Waals surface area contributed by atoms with E-state index in [9.17, 15) is 0 Å². The largest absolute Gasteiger partial charge is 0.313 e. The van der Waals surface area contributed by atoms with Gasteiger partial charge in [0, 0.05) is 6.04 Å². The molecule has 106 valence electrons. The molecule has 0 bridgehead atoms. The molecule has 2 unspecified atom stereocenters. The zero-order valence-corrected chi connectivity index (χ0v) is 12.8. The molecule has 0 aromatic heterocycles. The van der Waals surface area contributed by atoms with Crippen LogP contribution in [-0.2, 0) is 0 Å². The third kappa shape index (κ3) is 2.14. The van der Waals surface area contributed by atoms with E-state index in [1.165, 1.54) is 29.2 Å². The minimum atomic E-state index is 0.347. The van der Waals surface area contributed by atoms with Crippen molar-refractivity contribution in [1.82, 2.24) is 5.32 Å². The molecular formula is C19H25N. The molecule has 1 N–H and O–H groups in total. The molecule has 2 atom stereocenters. The monoisotopic (exact) mass is 267 g/mol. The van der Waals surface area contributed by atoms with Gasteiger partial charge in [-0.25, -0.2) is 0 Å². The quantitative estimate of drug-likeness (QED) is 0.845. The maximum Gasteiger partial charge on any atom is 0.0130 e. The Morgan fingerprint density at radius 2 is 1.85 bits per heavy atom. The number of hydrogen-bond acceptors (Lipinski definition) is 1. The molecule has 0 saturated heterocycles. The van der Waals surface area contributed by atoms with E-state index < -0.39 is 0 Å². The molecule has 1 aliphatic carbocycles. The van der Waals surface area contributed by atoms with Gasteiger partial charge in [0.1, 0.15) is 0 Å². The summed E-state index contributed by atoms with van der Waals surface area (Å²) in [6, 6.07) is 16.2. The number of benzene rings is 2. The van der Waals surface area contributed by atoms with E-state index in [2.05, 4.69) is 68.6 Å². The van der Waals surface area contributed by atoms with Gasteiger partial charge in [0.25, 0.3) is 0 Å². The van der Waals surface area contributed by atoms with Crippen molar-refractivity contribution in [2.24, 2.45) is 5.41 Å². The predicted molar refractivity (Wildman–Crippen MR) is 87.2 cm³/mol. The molecule has 0 radical (unpaired) electrons. The molecule has 2 aromatic rings. The Hall–Kier alpha value is -1.34. The summed E-state index contributed by atoms with van der Waals surface area (Å²) in [4.78, 5) is 0. The van der Waals surface area contributed by atoms with Crippen molar-refractivity contribution in [2.45, 2.75) is 45.6 Å². The number of hydrogen-bond donors (Lipinski definition) is 1. The van der Waals surface area contributed by atoms with Gasteiger partial charge in [0.05, 0.1) is 0 Å². The van der Waals surface area contributed by atoms with Crippen molar-refractivity contribution < 1.29 is 0 Å². The van der Waals surface area contributed by atoms with E-state index in [4.69, 9.17) is 0 Å². The van der Waals surface area contributed by atoms with Crippen molar-refractivity contribution in [3.63, 3.8) is 0 Å². The molecular weight excluding hydrogens is 242 g/mol. The van der Waals surface area contributed by atoms with Crippen LogP contribution in [0, 0.1) is 5.41 Å². The van der Waals surface area contributed by atoms with E-state index in [-0.39, 0.29) is 0 Å². The zero-order chi connectivity index (χ0) is 14.2. The van der Waals surface area contributed by atoms with E-state index in [1.54, 1.807) is 0 Å². The van der Waals surface area contributed by atoms with Crippen molar-refractivity contribution in [2.75, 3.05) is 6.54 Å². The highest BCUT2D eigenvalue weighted by atomic mass is 15.0. The van der Waals surface area contributed by atoms with Gasteiger partial charge < -0.3 is 5.32 Å². The average Bonchev–Trinajstić information content (AvgIpc) is 2.46. The summed E-state index contributed by atoms with van der Waals surface area (Å²) in [5, 5.41) is 6.51. The molecule has 0 aliphatic heterocycles. The van der Waals surface area contributed by atoms with Crippen LogP contribution in [0.3, 0.4) is 0 Å². The van der Waals surface area contributed by atoms with Gasteiger partial charge in [-0.05, 0) is 47.1 Å². The van der Waals surface area contributed by atoms with Crippen LogP contribution in [-0.4, -0.2) is 12.6 Å². The number of fused-ring (bicyclic) bond motifs is 1. The Morgan fingerprint density at radius 1 is 1.10 bits per heavy atom. The first kappa shape index (κ1) is 13.6.